The van der Waals surface area contributed by atoms with Crippen molar-refractivity contribution in [3.05, 3.63) is 34.9 Å². The minimum atomic E-state index is -4.24. The van der Waals surface area contributed by atoms with Gasteiger partial charge in [-0.05, 0) is 17.7 Å². The predicted octanol–water partition coefficient (Wildman–Crippen LogP) is 3.46. The monoisotopic (exact) mass is 269 g/mol. The van der Waals surface area contributed by atoms with Crippen LogP contribution < -0.4 is 5.73 Å². The quantitative estimate of drug-likeness (QED) is 0.906. The average molecular weight is 270 g/mol. The fourth-order valence-electron chi connectivity index (χ4n) is 1.07. The molecule has 0 spiro atoms. The van der Waals surface area contributed by atoms with Gasteiger partial charge in [-0.3, -0.25) is 0 Å². The number of nitrogens with two attached hydrogens (primary N) is 1. The molecular weight excluding hydrogens is 259 g/mol. The SMILES string of the molecule is NCC(SCc1ccc(Cl)cc1)C(F)(F)F. The third kappa shape index (κ3) is 4.23. The molecule has 0 heterocycles. The molecule has 2 N–H and O–H groups in total. The Balaban J connectivity index is 2.53. The molecule has 0 aliphatic rings. The molecule has 1 aromatic rings. The molecule has 0 saturated heterocycles. The lowest BCUT2D eigenvalue weighted by Gasteiger charge is -2.17. The first kappa shape index (κ1) is 13.7. The number of hydrogen-bond donors (Lipinski definition) is 1. The lowest BCUT2D eigenvalue weighted by Crippen LogP contribution is -2.33. The maximum Gasteiger partial charge on any atom is 0.401 e. The van der Waals surface area contributed by atoms with Gasteiger partial charge < -0.3 is 5.73 Å². The zero-order valence-corrected chi connectivity index (χ0v) is 9.87. The fraction of sp³-hybridized carbons (Fsp3) is 0.400. The van der Waals surface area contributed by atoms with Crippen LogP contribution in [-0.2, 0) is 5.75 Å². The van der Waals surface area contributed by atoms with Gasteiger partial charge in [0, 0.05) is 17.3 Å². The van der Waals surface area contributed by atoms with E-state index in [0.717, 1.165) is 17.3 Å². The normalized spacial score (nSPS) is 13.8. The Bertz CT molecular complexity index is 326. The van der Waals surface area contributed by atoms with Gasteiger partial charge in [0.15, 0.2) is 0 Å². The van der Waals surface area contributed by atoms with Gasteiger partial charge in [-0.1, -0.05) is 23.7 Å². The molecule has 1 aromatic carbocycles. The lowest BCUT2D eigenvalue weighted by molar-refractivity contribution is -0.126. The van der Waals surface area contributed by atoms with E-state index in [1.54, 1.807) is 24.3 Å². The Morgan fingerprint density at radius 1 is 1.25 bits per heavy atom. The Hall–Kier alpha value is -0.390. The van der Waals surface area contributed by atoms with Crippen LogP contribution in [0.2, 0.25) is 5.02 Å². The Kier molecular flexibility index (Phi) is 4.95. The fourth-order valence-corrected chi connectivity index (χ4v) is 2.11. The van der Waals surface area contributed by atoms with Crippen molar-refractivity contribution in [1.82, 2.24) is 0 Å². The highest BCUT2D eigenvalue weighted by atomic mass is 35.5. The van der Waals surface area contributed by atoms with Crippen molar-refractivity contribution in [3.8, 4) is 0 Å². The average Bonchev–Trinajstić information content (AvgIpc) is 2.19. The van der Waals surface area contributed by atoms with Crippen LogP contribution in [0, 0.1) is 0 Å². The standard InChI is InChI=1S/C10H11ClF3NS/c11-8-3-1-7(2-4-8)6-16-9(5-15)10(12,13)14/h1-4,9H,5-6,15H2. The third-order valence-corrected chi connectivity index (χ3v) is 3.56. The van der Waals surface area contributed by atoms with Gasteiger partial charge in [0.1, 0.15) is 5.25 Å². The third-order valence-electron chi connectivity index (χ3n) is 1.94. The van der Waals surface area contributed by atoms with Crippen molar-refractivity contribution < 1.29 is 13.2 Å². The first-order valence-corrected chi connectivity index (χ1v) is 5.99. The Labute approximate surface area is 101 Å². The van der Waals surface area contributed by atoms with Crippen LogP contribution in [0.3, 0.4) is 0 Å². The van der Waals surface area contributed by atoms with Crippen molar-refractivity contribution in [3.63, 3.8) is 0 Å². The molecule has 1 atom stereocenters. The van der Waals surface area contributed by atoms with Gasteiger partial charge in [-0.15, -0.1) is 11.8 Å². The molecule has 0 amide bonds. The number of alkyl halides is 3. The molecule has 0 fully saturated rings. The summed E-state index contributed by atoms with van der Waals surface area (Å²) in [6, 6.07) is 6.73. The largest absolute Gasteiger partial charge is 0.401 e. The number of benzene rings is 1. The van der Waals surface area contributed by atoms with E-state index in [0.29, 0.717) is 5.02 Å². The molecule has 6 heteroatoms. The van der Waals surface area contributed by atoms with E-state index < -0.39 is 18.0 Å². The Morgan fingerprint density at radius 2 is 1.81 bits per heavy atom. The van der Waals surface area contributed by atoms with Crippen molar-refractivity contribution in [1.29, 1.82) is 0 Å². The van der Waals surface area contributed by atoms with Crippen molar-refractivity contribution in [2.45, 2.75) is 17.2 Å². The summed E-state index contributed by atoms with van der Waals surface area (Å²) in [5, 5.41) is -0.942. The molecule has 0 radical (unpaired) electrons. The zero-order chi connectivity index (χ0) is 12.2. The lowest BCUT2D eigenvalue weighted by atomic mass is 10.2. The summed E-state index contributed by atoms with van der Waals surface area (Å²) < 4.78 is 37.1. The molecular formula is C10H11ClF3NS. The predicted molar refractivity (Wildman–Crippen MR) is 61.6 cm³/mol. The van der Waals surface area contributed by atoms with E-state index in [4.69, 9.17) is 17.3 Å². The summed E-state index contributed by atoms with van der Waals surface area (Å²) in [5.41, 5.74) is 5.89. The Morgan fingerprint density at radius 3 is 2.25 bits per heavy atom. The van der Waals surface area contributed by atoms with Gasteiger partial charge in [0.25, 0.3) is 0 Å². The highest BCUT2D eigenvalue weighted by Gasteiger charge is 2.38. The zero-order valence-electron chi connectivity index (χ0n) is 8.30. The molecule has 0 aromatic heterocycles. The minimum Gasteiger partial charge on any atom is -0.329 e. The highest BCUT2D eigenvalue weighted by molar-refractivity contribution is 7.99. The number of rotatable bonds is 4. The van der Waals surface area contributed by atoms with E-state index in [2.05, 4.69) is 0 Å². The summed E-state index contributed by atoms with van der Waals surface area (Å²) in [6.45, 7) is -0.401. The molecule has 0 aliphatic carbocycles. The summed E-state index contributed by atoms with van der Waals surface area (Å²) in [5.74, 6) is 0.276. The van der Waals surface area contributed by atoms with Crippen LogP contribution in [0.15, 0.2) is 24.3 Å². The second-order valence-electron chi connectivity index (χ2n) is 3.20. The van der Waals surface area contributed by atoms with E-state index >= 15 is 0 Å². The molecule has 1 rings (SSSR count). The molecule has 16 heavy (non-hydrogen) atoms. The molecule has 0 bridgehead atoms. The van der Waals surface area contributed by atoms with E-state index in [-0.39, 0.29) is 5.75 Å². The number of hydrogen-bond acceptors (Lipinski definition) is 2. The first-order valence-electron chi connectivity index (χ1n) is 4.56. The highest BCUT2D eigenvalue weighted by Crippen LogP contribution is 2.31. The van der Waals surface area contributed by atoms with Crippen LogP contribution in [0.4, 0.5) is 13.2 Å². The van der Waals surface area contributed by atoms with Crippen molar-refractivity contribution >= 4 is 23.4 Å². The number of halogens is 4. The topological polar surface area (TPSA) is 26.0 Å². The number of thioether (sulfide) groups is 1. The molecule has 90 valence electrons. The summed E-state index contributed by atoms with van der Waals surface area (Å²) in [7, 11) is 0. The first-order chi connectivity index (χ1) is 7.43. The van der Waals surface area contributed by atoms with Gasteiger partial charge in [0.2, 0.25) is 0 Å². The van der Waals surface area contributed by atoms with Gasteiger partial charge in [-0.2, -0.15) is 13.2 Å². The van der Waals surface area contributed by atoms with Gasteiger partial charge >= 0.3 is 6.18 Å². The van der Waals surface area contributed by atoms with Crippen molar-refractivity contribution in [2.75, 3.05) is 6.54 Å². The summed E-state index contributed by atoms with van der Waals surface area (Å²) in [4.78, 5) is 0. The minimum absolute atomic E-state index is 0.276. The molecule has 0 saturated carbocycles. The van der Waals surface area contributed by atoms with Crippen LogP contribution in [0.1, 0.15) is 5.56 Å². The van der Waals surface area contributed by atoms with Crippen LogP contribution in [-0.4, -0.2) is 18.0 Å². The van der Waals surface area contributed by atoms with Gasteiger partial charge in [0.05, 0.1) is 0 Å². The summed E-state index contributed by atoms with van der Waals surface area (Å²) >= 11 is 6.46. The molecule has 1 nitrogen and oxygen atoms in total. The summed E-state index contributed by atoms with van der Waals surface area (Å²) in [6.07, 6.45) is -4.24. The maximum atomic E-state index is 12.4. The van der Waals surface area contributed by atoms with Crippen LogP contribution in [0.25, 0.3) is 0 Å². The second kappa shape index (κ2) is 5.80. The van der Waals surface area contributed by atoms with Crippen molar-refractivity contribution in [2.24, 2.45) is 5.73 Å². The smallest absolute Gasteiger partial charge is 0.329 e. The maximum absolute atomic E-state index is 12.4. The second-order valence-corrected chi connectivity index (χ2v) is 4.83. The van der Waals surface area contributed by atoms with Crippen LogP contribution >= 0.6 is 23.4 Å². The van der Waals surface area contributed by atoms with E-state index in [9.17, 15) is 13.2 Å². The van der Waals surface area contributed by atoms with E-state index in [1.807, 2.05) is 0 Å². The molecule has 0 aliphatic heterocycles. The molecule has 1 unspecified atom stereocenters. The van der Waals surface area contributed by atoms with E-state index in [1.165, 1.54) is 0 Å². The van der Waals surface area contributed by atoms with Gasteiger partial charge in [-0.25, -0.2) is 0 Å². The van der Waals surface area contributed by atoms with Crippen LogP contribution in [0.5, 0.6) is 0 Å².